The Morgan fingerprint density at radius 1 is 1.00 bits per heavy atom. The van der Waals surface area contributed by atoms with E-state index in [9.17, 15) is 4.79 Å². The summed E-state index contributed by atoms with van der Waals surface area (Å²) in [5.74, 6) is 10.5. The van der Waals surface area contributed by atoms with Crippen molar-refractivity contribution in [2.75, 3.05) is 51.1 Å². The molecule has 0 radical (unpaired) electrons. The summed E-state index contributed by atoms with van der Waals surface area (Å²) in [6, 6.07) is 0. The molecule has 140 valence electrons. The Labute approximate surface area is 162 Å². The summed E-state index contributed by atoms with van der Waals surface area (Å²) in [5, 5.41) is 2.94. The Hall–Kier alpha value is -1.69. The molecule has 1 N–H and O–H groups in total. The number of terminal acetylenes is 3. The fraction of sp³-hybridized carbons (Fsp3) is 0.579. The zero-order valence-electron chi connectivity index (χ0n) is 15.1. The first-order valence-electron chi connectivity index (χ1n) is 8.17. The van der Waals surface area contributed by atoms with Crippen LogP contribution in [0.3, 0.4) is 0 Å². The van der Waals surface area contributed by atoms with Crippen LogP contribution in [-0.4, -0.2) is 76.0 Å². The molecule has 0 spiro atoms. The molecule has 0 aromatic carbocycles. The quantitative estimate of drug-likeness (QED) is 0.234. The monoisotopic (exact) mass is 375 g/mol. The van der Waals surface area contributed by atoms with Crippen molar-refractivity contribution >= 4 is 31.1 Å². The minimum Gasteiger partial charge on any atom is -0.118 e. The van der Waals surface area contributed by atoms with Crippen LogP contribution in [0, 0.1) is 37.0 Å². The van der Waals surface area contributed by atoms with Crippen molar-refractivity contribution < 1.29 is 19.0 Å². The smallest absolute Gasteiger partial charge is 0.118 e. The number of hydrogen-bond acceptors (Lipinski definition) is 5. The molecule has 0 aliphatic rings. The molecule has 0 atom stereocenters. The fourth-order valence-electron chi connectivity index (χ4n) is 1.94. The van der Waals surface area contributed by atoms with Crippen molar-refractivity contribution in [3.05, 3.63) is 0 Å². The van der Waals surface area contributed by atoms with Crippen LogP contribution in [0.4, 0.5) is 0 Å². The van der Waals surface area contributed by atoms with Crippen molar-refractivity contribution in [2.45, 2.75) is 18.4 Å². The van der Waals surface area contributed by atoms with Gasteiger partial charge in [0.05, 0.1) is 0 Å². The van der Waals surface area contributed by atoms with Crippen molar-refractivity contribution in [3.63, 3.8) is 0 Å². The van der Waals surface area contributed by atoms with Crippen molar-refractivity contribution in [1.29, 1.82) is 0 Å². The number of carbonyl (C=O) groups is 1. The van der Waals surface area contributed by atoms with Crippen molar-refractivity contribution in [1.82, 2.24) is 5.32 Å². The molecule has 0 aromatic heterocycles. The molecule has 0 aromatic rings. The molecule has 0 rings (SSSR count). The molecule has 7 heteroatoms. The molecule has 0 heterocycles. The average Bonchev–Trinajstić information content (AvgIpc) is 2.62. The molecule has 0 fully saturated rings. The predicted octanol–water partition coefficient (Wildman–Crippen LogP) is 0.00720. The topological polar surface area (TPSA) is 56.8 Å². The maximum absolute atomic E-state index is 12.4. The fourth-order valence-corrected chi connectivity index (χ4v) is 2.81. The second-order valence-electron chi connectivity index (χ2n) is 5.36. The third-order valence-corrected chi connectivity index (χ3v) is 4.05. The van der Waals surface area contributed by atoms with E-state index in [1.54, 1.807) is 11.8 Å². The van der Waals surface area contributed by atoms with Crippen LogP contribution in [0.5, 0.6) is 0 Å². The van der Waals surface area contributed by atoms with Crippen LogP contribution in [0.2, 0.25) is 0 Å². The van der Waals surface area contributed by atoms with E-state index in [0.717, 1.165) is 12.2 Å². The van der Waals surface area contributed by atoms with E-state index in [2.05, 4.69) is 30.6 Å². The number of amides is 1. The summed E-state index contributed by atoms with van der Waals surface area (Å²) in [5.41, 5.74) is -0.909. The molecule has 0 aliphatic heterocycles. The molecule has 5 nitrogen and oxygen atoms in total. The van der Waals surface area contributed by atoms with Gasteiger partial charge in [-0.15, -0.1) is 19.3 Å². The van der Waals surface area contributed by atoms with Crippen LogP contribution < -0.4 is 5.32 Å². The Bertz CT molecular complexity index is 483. The first kappa shape index (κ1) is 24.3. The normalized spacial score (nSPS) is 10.3. The molecule has 0 bridgehead atoms. The first-order valence-corrected chi connectivity index (χ1v) is 9.33. The molecule has 0 saturated heterocycles. The summed E-state index contributed by atoms with van der Waals surface area (Å²) >= 11 is 1.69. The van der Waals surface area contributed by atoms with E-state index in [-0.39, 0.29) is 45.5 Å². The Balaban J connectivity index is 4.82. The molecule has 1 amide bonds. The number of carbonyl (C=O) groups excluding carboxylic acids is 1. The van der Waals surface area contributed by atoms with E-state index in [1.165, 1.54) is 0 Å². The number of nitrogens with one attached hydrogen (secondary N) is 1. The van der Waals surface area contributed by atoms with Crippen LogP contribution in [-0.2, 0) is 19.0 Å². The zero-order valence-corrected chi connectivity index (χ0v) is 15.9. The van der Waals surface area contributed by atoms with Crippen LogP contribution in [0.25, 0.3) is 0 Å². The van der Waals surface area contributed by atoms with E-state index >= 15 is 0 Å². The Morgan fingerprint density at radius 3 is 1.92 bits per heavy atom. The second kappa shape index (κ2) is 16.8. The minimum absolute atomic E-state index is 0.110. The van der Waals surface area contributed by atoms with Gasteiger partial charge >= 0.3 is 125 Å². The van der Waals surface area contributed by atoms with Gasteiger partial charge < -0.3 is 0 Å². The number of ether oxygens (including phenoxy) is 3. The van der Waals surface area contributed by atoms with E-state index in [4.69, 9.17) is 33.5 Å². The second-order valence-corrected chi connectivity index (χ2v) is 6.58. The maximum atomic E-state index is 12.4. The Kier molecular flexibility index (Phi) is 15.7. The van der Waals surface area contributed by atoms with E-state index in [1.807, 2.05) is 5.97 Å². The van der Waals surface area contributed by atoms with Crippen LogP contribution >= 0.6 is 11.8 Å². The number of hydrogen-bond donors (Lipinski definition) is 1. The standard InChI is InChI=1S/C19H26BNO4S/c1-4-10-23-15-19(16-24-11-5-2,17-25-12-6-3)21-18(22)8-14-26-13-7-9-20/h1-3,9,20H,7-8,10-17H2,(H,21,22). The average molecular weight is 375 g/mol. The summed E-state index contributed by atoms with van der Waals surface area (Å²) in [4.78, 5) is 12.4. The van der Waals surface area contributed by atoms with Crippen LogP contribution in [0.15, 0.2) is 0 Å². The summed E-state index contributed by atoms with van der Waals surface area (Å²) in [6.45, 7) is 0.711. The summed E-state index contributed by atoms with van der Waals surface area (Å²) in [6.07, 6.45) is 16.9. The minimum atomic E-state index is -0.909. The van der Waals surface area contributed by atoms with Crippen molar-refractivity contribution in [2.24, 2.45) is 0 Å². The van der Waals surface area contributed by atoms with E-state index < -0.39 is 5.54 Å². The van der Waals surface area contributed by atoms with Gasteiger partial charge in [0.25, 0.3) is 0 Å². The molecule has 0 aliphatic carbocycles. The summed E-state index contributed by atoms with van der Waals surface area (Å²) in [7, 11) is 3.67. The van der Waals surface area contributed by atoms with Gasteiger partial charge in [-0.2, -0.15) is 0 Å². The molecular formula is C19H26BNO4S. The molecule has 26 heavy (non-hydrogen) atoms. The first-order chi connectivity index (χ1) is 12.6. The van der Waals surface area contributed by atoms with Gasteiger partial charge in [0.1, 0.15) is 0 Å². The molecular weight excluding hydrogens is 349 g/mol. The van der Waals surface area contributed by atoms with Gasteiger partial charge in [0, 0.05) is 0 Å². The van der Waals surface area contributed by atoms with Gasteiger partial charge in [-0.25, -0.2) is 0 Å². The number of rotatable bonds is 16. The predicted molar refractivity (Wildman–Crippen MR) is 110 cm³/mol. The van der Waals surface area contributed by atoms with Gasteiger partial charge in [-0.1, -0.05) is 17.8 Å². The molecule has 0 unspecified atom stereocenters. The van der Waals surface area contributed by atoms with E-state index in [0.29, 0.717) is 12.2 Å². The Morgan fingerprint density at radius 2 is 1.50 bits per heavy atom. The third kappa shape index (κ3) is 12.6. The number of thioether (sulfide) groups is 1. The van der Waals surface area contributed by atoms with Gasteiger partial charge in [-0.05, 0) is 0 Å². The molecule has 0 saturated carbocycles. The summed E-state index contributed by atoms with van der Waals surface area (Å²) < 4.78 is 16.3. The van der Waals surface area contributed by atoms with Gasteiger partial charge in [0.2, 0.25) is 0 Å². The third-order valence-electron chi connectivity index (χ3n) is 3.04. The SMILES string of the molecule is B=CCCSCCC(=O)NC(COCC#C)(COCC#C)COCC#C. The zero-order chi connectivity index (χ0) is 19.5. The van der Waals surface area contributed by atoms with Crippen LogP contribution in [0.1, 0.15) is 12.8 Å². The van der Waals surface area contributed by atoms with Gasteiger partial charge in [0.15, 0.2) is 0 Å². The van der Waals surface area contributed by atoms with Gasteiger partial charge in [-0.3, -0.25) is 0 Å². The van der Waals surface area contributed by atoms with Crippen molar-refractivity contribution in [3.8, 4) is 37.0 Å².